The average Bonchev–Trinajstić information content (AvgIpc) is 2.33. The minimum Gasteiger partial charge on any atom is -0.346 e. The Labute approximate surface area is 102 Å². The van der Waals surface area contributed by atoms with E-state index >= 15 is 0 Å². The lowest BCUT2D eigenvalue weighted by Crippen LogP contribution is -2.10. The quantitative estimate of drug-likeness (QED) is 0.938. The molecule has 2 aromatic rings. The van der Waals surface area contributed by atoms with E-state index in [9.17, 15) is 0 Å². The minimum absolute atomic E-state index is 0.0855. The Bertz CT molecular complexity index is 443. The van der Waals surface area contributed by atoms with Gasteiger partial charge in [-0.05, 0) is 35.0 Å². The molecule has 4 nitrogen and oxygen atoms in total. The third-order valence-electron chi connectivity index (χ3n) is 2.10. The monoisotopic (exact) mass is 278 g/mol. The number of aromatic nitrogens is 3. The maximum atomic E-state index is 4.27. The smallest absolute Gasteiger partial charge is 0.223 e. The number of halogens is 1. The molecule has 1 atom stereocenters. The lowest BCUT2D eigenvalue weighted by atomic mass is 10.2. The maximum absolute atomic E-state index is 4.27. The zero-order valence-corrected chi connectivity index (χ0v) is 10.3. The van der Waals surface area contributed by atoms with Crippen molar-refractivity contribution in [2.45, 2.75) is 13.0 Å². The molecule has 82 valence electrons. The number of rotatable bonds is 3. The lowest BCUT2D eigenvalue weighted by Gasteiger charge is -2.12. The molecule has 0 saturated heterocycles. The van der Waals surface area contributed by atoms with Gasteiger partial charge in [0.1, 0.15) is 0 Å². The van der Waals surface area contributed by atoms with Crippen molar-refractivity contribution in [3.05, 3.63) is 47.0 Å². The van der Waals surface area contributed by atoms with Crippen molar-refractivity contribution in [2.75, 3.05) is 5.32 Å². The summed E-state index contributed by atoms with van der Waals surface area (Å²) >= 11 is 3.29. The molecule has 0 bridgehead atoms. The summed E-state index contributed by atoms with van der Waals surface area (Å²) < 4.78 is 0.864. The van der Waals surface area contributed by atoms with E-state index in [0.29, 0.717) is 5.95 Å². The van der Waals surface area contributed by atoms with Gasteiger partial charge in [0.15, 0.2) is 0 Å². The highest BCUT2D eigenvalue weighted by Crippen LogP contribution is 2.14. The summed E-state index contributed by atoms with van der Waals surface area (Å²) in [5.74, 6) is 0.598. The predicted octanol–water partition coefficient (Wildman–Crippen LogP) is 2.81. The summed E-state index contributed by atoms with van der Waals surface area (Å²) in [6.45, 7) is 2.02. The van der Waals surface area contributed by atoms with E-state index in [1.807, 2.05) is 25.1 Å². The van der Waals surface area contributed by atoms with E-state index in [0.717, 1.165) is 10.2 Å². The van der Waals surface area contributed by atoms with Gasteiger partial charge in [-0.25, -0.2) is 9.97 Å². The van der Waals surface area contributed by atoms with Crippen molar-refractivity contribution >= 4 is 21.9 Å². The van der Waals surface area contributed by atoms with E-state index in [4.69, 9.17) is 0 Å². The summed E-state index contributed by atoms with van der Waals surface area (Å²) in [5.41, 5.74) is 0.967. The molecule has 0 aromatic carbocycles. The summed E-state index contributed by atoms with van der Waals surface area (Å²) in [6, 6.07) is 5.91. The highest BCUT2D eigenvalue weighted by Gasteiger charge is 2.06. The second-order valence-electron chi connectivity index (χ2n) is 3.35. The van der Waals surface area contributed by atoms with Gasteiger partial charge >= 0.3 is 0 Å². The van der Waals surface area contributed by atoms with E-state index < -0.39 is 0 Å². The molecule has 0 fully saturated rings. The first-order chi connectivity index (χ1) is 7.75. The molecule has 5 heteroatoms. The third kappa shape index (κ3) is 2.76. The van der Waals surface area contributed by atoms with Crippen molar-refractivity contribution in [1.29, 1.82) is 0 Å². The molecule has 1 N–H and O–H groups in total. The molecule has 0 spiro atoms. The van der Waals surface area contributed by atoms with Gasteiger partial charge in [0.05, 0.1) is 16.2 Å². The van der Waals surface area contributed by atoms with Gasteiger partial charge in [-0.3, -0.25) is 4.98 Å². The Morgan fingerprint density at radius 2 is 1.94 bits per heavy atom. The zero-order chi connectivity index (χ0) is 11.4. The van der Waals surface area contributed by atoms with Crippen molar-refractivity contribution in [3.63, 3.8) is 0 Å². The molecular formula is C11H11BrN4. The van der Waals surface area contributed by atoms with Crippen LogP contribution < -0.4 is 5.32 Å². The normalized spacial score (nSPS) is 12.1. The largest absolute Gasteiger partial charge is 0.346 e. The molecule has 0 amide bonds. The second kappa shape index (κ2) is 5.03. The van der Waals surface area contributed by atoms with E-state index in [1.165, 1.54) is 0 Å². The van der Waals surface area contributed by atoms with Crippen LogP contribution in [0.5, 0.6) is 0 Å². The lowest BCUT2D eigenvalue weighted by molar-refractivity contribution is 0.821. The SMILES string of the molecule is CC(Nc1ncc(Br)cn1)c1ccccn1. The summed E-state index contributed by atoms with van der Waals surface area (Å²) in [6.07, 6.45) is 5.19. The molecule has 16 heavy (non-hydrogen) atoms. The fourth-order valence-corrected chi connectivity index (χ4v) is 1.49. The van der Waals surface area contributed by atoms with E-state index in [2.05, 4.69) is 36.2 Å². The van der Waals surface area contributed by atoms with Crippen LogP contribution in [0.25, 0.3) is 0 Å². The van der Waals surface area contributed by atoms with E-state index in [-0.39, 0.29) is 6.04 Å². The third-order valence-corrected chi connectivity index (χ3v) is 2.51. The fraction of sp³-hybridized carbons (Fsp3) is 0.182. The number of anilines is 1. The molecule has 0 aliphatic carbocycles. The number of pyridine rings is 1. The van der Waals surface area contributed by atoms with Crippen LogP contribution in [0.1, 0.15) is 18.7 Å². The van der Waals surface area contributed by atoms with Crippen LogP contribution in [0, 0.1) is 0 Å². The first-order valence-corrected chi connectivity index (χ1v) is 5.70. The van der Waals surface area contributed by atoms with Gasteiger partial charge in [0, 0.05) is 18.6 Å². The van der Waals surface area contributed by atoms with Crippen LogP contribution in [0.4, 0.5) is 5.95 Å². The molecule has 0 radical (unpaired) electrons. The molecule has 2 heterocycles. The Balaban J connectivity index is 2.08. The van der Waals surface area contributed by atoms with Crippen molar-refractivity contribution in [3.8, 4) is 0 Å². The Morgan fingerprint density at radius 1 is 1.19 bits per heavy atom. The number of nitrogens with zero attached hydrogens (tertiary/aromatic N) is 3. The average molecular weight is 279 g/mol. The summed E-state index contributed by atoms with van der Waals surface area (Å²) in [7, 11) is 0. The van der Waals surface area contributed by atoms with Crippen LogP contribution in [0.15, 0.2) is 41.3 Å². The van der Waals surface area contributed by atoms with Crippen molar-refractivity contribution in [1.82, 2.24) is 15.0 Å². The predicted molar refractivity (Wildman–Crippen MR) is 66.0 cm³/mol. The first kappa shape index (κ1) is 11.0. The van der Waals surface area contributed by atoms with Crippen LogP contribution >= 0.6 is 15.9 Å². The molecule has 2 rings (SSSR count). The first-order valence-electron chi connectivity index (χ1n) is 4.91. The van der Waals surface area contributed by atoms with Gasteiger partial charge in [-0.1, -0.05) is 6.07 Å². The van der Waals surface area contributed by atoms with Gasteiger partial charge in [-0.15, -0.1) is 0 Å². The Kier molecular flexibility index (Phi) is 3.46. The number of hydrogen-bond acceptors (Lipinski definition) is 4. The van der Waals surface area contributed by atoms with Gasteiger partial charge in [0.25, 0.3) is 0 Å². The number of hydrogen-bond donors (Lipinski definition) is 1. The minimum atomic E-state index is 0.0855. The molecule has 1 unspecified atom stereocenters. The molecule has 0 aliphatic heterocycles. The Hall–Kier alpha value is -1.49. The zero-order valence-electron chi connectivity index (χ0n) is 8.76. The standard InChI is InChI=1S/C11H11BrN4/c1-8(10-4-2-3-5-13-10)16-11-14-6-9(12)7-15-11/h2-8H,1H3,(H,14,15,16). The van der Waals surface area contributed by atoms with Crippen LogP contribution in [0.3, 0.4) is 0 Å². The molecule has 0 aliphatic rings. The summed E-state index contributed by atoms with van der Waals surface area (Å²) in [5, 5.41) is 3.18. The molecule has 0 saturated carbocycles. The van der Waals surface area contributed by atoms with Gasteiger partial charge < -0.3 is 5.32 Å². The maximum Gasteiger partial charge on any atom is 0.223 e. The van der Waals surface area contributed by atoms with Crippen molar-refractivity contribution in [2.24, 2.45) is 0 Å². The van der Waals surface area contributed by atoms with Gasteiger partial charge in [0.2, 0.25) is 5.95 Å². The molecule has 2 aromatic heterocycles. The molecular weight excluding hydrogens is 268 g/mol. The number of nitrogens with one attached hydrogen (secondary N) is 1. The summed E-state index contributed by atoms with van der Waals surface area (Å²) in [4.78, 5) is 12.6. The topological polar surface area (TPSA) is 50.7 Å². The fourth-order valence-electron chi connectivity index (χ4n) is 1.29. The van der Waals surface area contributed by atoms with Crippen molar-refractivity contribution < 1.29 is 0 Å². The highest BCUT2D eigenvalue weighted by molar-refractivity contribution is 9.10. The van der Waals surface area contributed by atoms with Crippen LogP contribution in [-0.4, -0.2) is 15.0 Å². The highest BCUT2D eigenvalue weighted by atomic mass is 79.9. The Morgan fingerprint density at radius 3 is 2.56 bits per heavy atom. The van der Waals surface area contributed by atoms with Crippen LogP contribution in [-0.2, 0) is 0 Å². The second-order valence-corrected chi connectivity index (χ2v) is 4.26. The van der Waals surface area contributed by atoms with Crippen LogP contribution in [0.2, 0.25) is 0 Å². The van der Waals surface area contributed by atoms with Gasteiger partial charge in [-0.2, -0.15) is 0 Å². The van der Waals surface area contributed by atoms with E-state index in [1.54, 1.807) is 18.6 Å².